The molecule has 0 aliphatic rings. The molecule has 0 fully saturated rings. The molecule has 0 aliphatic carbocycles. The minimum Gasteiger partial charge on any atom is -0.441 e. The van der Waals surface area contributed by atoms with Gasteiger partial charge in [0.25, 0.3) is 0 Å². The van der Waals surface area contributed by atoms with Crippen molar-refractivity contribution in [1.82, 2.24) is 4.98 Å². The van der Waals surface area contributed by atoms with Gasteiger partial charge in [-0.1, -0.05) is 54.1 Å². The van der Waals surface area contributed by atoms with E-state index >= 15 is 0 Å². The Bertz CT molecular complexity index is 843. The van der Waals surface area contributed by atoms with Crippen molar-refractivity contribution in [2.45, 2.75) is 13.8 Å². The van der Waals surface area contributed by atoms with Crippen molar-refractivity contribution >= 4 is 11.9 Å². The van der Waals surface area contributed by atoms with Crippen LogP contribution in [0.15, 0.2) is 65.1 Å². The van der Waals surface area contributed by atoms with Crippen LogP contribution in [0.1, 0.15) is 27.4 Å². The van der Waals surface area contributed by atoms with E-state index in [1.807, 2.05) is 61.5 Å². The first-order valence-electron chi connectivity index (χ1n) is 7.45. The van der Waals surface area contributed by atoms with Gasteiger partial charge in [-0.2, -0.15) is 0 Å². The third-order valence-corrected chi connectivity index (χ3v) is 3.56. The van der Waals surface area contributed by atoms with Crippen LogP contribution in [-0.2, 0) is 0 Å². The lowest BCUT2D eigenvalue weighted by Crippen LogP contribution is -1.97. The van der Waals surface area contributed by atoms with Crippen LogP contribution < -0.4 is 0 Å². The third kappa shape index (κ3) is 3.46. The summed E-state index contributed by atoms with van der Waals surface area (Å²) in [7, 11) is 0. The van der Waals surface area contributed by atoms with Crippen molar-refractivity contribution < 1.29 is 9.21 Å². The van der Waals surface area contributed by atoms with Gasteiger partial charge in [-0.3, -0.25) is 4.79 Å². The predicted octanol–water partition coefficient (Wildman–Crippen LogP) is 4.85. The molecule has 1 heterocycles. The van der Waals surface area contributed by atoms with Gasteiger partial charge < -0.3 is 4.42 Å². The predicted molar refractivity (Wildman–Crippen MR) is 91.2 cm³/mol. The Morgan fingerprint density at radius 3 is 2.39 bits per heavy atom. The number of carbonyl (C=O) groups excluding carboxylic acids is 1. The van der Waals surface area contributed by atoms with Crippen molar-refractivity contribution in [1.29, 1.82) is 0 Å². The summed E-state index contributed by atoms with van der Waals surface area (Å²) in [5.41, 5.74) is 3.38. The van der Waals surface area contributed by atoms with Crippen LogP contribution in [0, 0.1) is 13.8 Å². The maximum atomic E-state index is 12.3. The highest BCUT2D eigenvalue weighted by Crippen LogP contribution is 2.22. The SMILES string of the molecule is Cc1ccc(/C=C/C(=O)c2nc(-c3ccccc3)oc2C)cc1. The highest BCUT2D eigenvalue weighted by atomic mass is 16.4. The number of hydrogen-bond donors (Lipinski definition) is 0. The molecule has 23 heavy (non-hydrogen) atoms. The quantitative estimate of drug-likeness (QED) is 0.511. The summed E-state index contributed by atoms with van der Waals surface area (Å²) in [6.45, 7) is 3.79. The molecule has 0 saturated heterocycles. The molecular weight excluding hydrogens is 286 g/mol. The second kappa shape index (κ2) is 6.44. The van der Waals surface area contributed by atoms with Crippen molar-refractivity contribution in [2.24, 2.45) is 0 Å². The Morgan fingerprint density at radius 2 is 1.70 bits per heavy atom. The minimum absolute atomic E-state index is 0.158. The monoisotopic (exact) mass is 303 g/mol. The summed E-state index contributed by atoms with van der Waals surface area (Å²) in [4.78, 5) is 16.7. The largest absolute Gasteiger partial charge is 0.441 e. The van der Waals surface area contributed by atoms with Crippen LogP contribution in [0.5, 0.6) is 0 Å². The topological polar surface area (TPSA) is 43.1 Å². The molecule has 0 spiro atoms. The average Bonchev–Trinajstić information content (AvgIpc) is 2.97. The maximum absolute atomic E-state index is 12.3. The first kappa shape index (κ1) is 15.0. The van der Waals surface area contributed by atoms with Gasteiger partial charge in [-0.15, -0.1) is 0 Å². The number of rotatable bonds is 4. The Labute approximate surface area is 135 Å². The fraction of sp³-hybridized carbons (Fsp3) is 0.100. The smallest absolute Gasteiger partial charge is 0.226 e. The fourth-order valence-electron chi connectivity index (χ4n) is 2.26. The number of nitrogens with zero attached hydrogens (tertiary/aromatic N) is 1. The van der Waals surface area contributed by atoms with E-state index in [9.17, 15) is 4.79 Å². The molecule has 0 N–H and O–H groups in total. The number of benzene rings is 2. The van der Waals surface area contributed by atoms with Crippen molar-refractivity contribution in [3.8, 4) is 11.5 Å². The van der Waals surface area contributed by atoms with Crippen LogP contribution in [0.2, 0.25) is 0 Å². The van der Waals surface area contributed by atoms with Gasteiger partial charge in [-0.25, -0.2) is 4.98 Å². The zero-order chi connectivity index (χ0) is 16.2. The van der Waals surface area contributed by atoms with E-state index in [1.54, 1.807) is 13.0 Å². The van der Waals surface area contributed by atoms with Crippen LogP contribution in [0.25, 0.3) is 17.5 Å². The van der Waals surface area contributed by atoms with Gasteiger partial charge in [0.1, 0.15) is 5.76 Å². The van der Waals surface area contributed by atoms with Gasteiger partial charge in [-0.05, 0) is 37.6 Å². The standard InChI is InChI=1S/C20H17NO2/c1-14-8-10-16(11-9-14)12-13-18(22)19-15(2)23-20(21-19)17-6-4-3-5-7-17/h3-13H,1-2H3/b13-12+. The van der Waals surface area contributed by atoms with Gasteiger partial charge in [0.05, 0.1) is 0 Å². The highest BCUT2D eigenvalue weighted by Gasteiger charge is 2.15. The van der Waals surface area contributed by atoms with E-state index in [0.717, 1.165) is 11.1 Å². The Kier molecular flexibility index (Phi) is 4.20. The molecule has 0 aliphatic heterocycles. The molecule has 114 valence electrons. The van der Waals surface area contributed by atoms with E-state index in [4.69, 9.17) is 4.42 Å². The maximum Gasteiger partial charge on any atom is 0.226 e. The van der Waals surface area contributed by atoms with E-state index in [-0.39, 0.29) is 5.78 Å². The average molecular weight is 303 g/mol. The van der Waals surface area contributed by atoms with E-state index in [2.05, 4.69) is 4.98 Å². The summed E-state index contributed by atoms with van der Waals surface area (Å²) in [5.74, 6) is 0.839. The molecule has 3 rings (SSSR count). The van der Waals surface area contributed by atoms with Crippen molar-refractivity contribution in [2.75, 3.05) is 0 Å². The Morgan fingerprint density at radius 1 is 1.00 bits per heavy atom. The Hall–Kier alpha value is -2.94. The lowest BCUT2D eigenvalue weighted by atomic mass is 10.1. The number of oxazole rings is 1. The molecule has 2 aromatic carbocycles. The number of hydrogen-bond acceptors (Lipinski definition) is 3. The molecule has 0 saturated carbocycles. The van der Waals surface area contributed by atoms with Crippen LogP contribution in [0.3, 0.4) is 0 Å². The zero-order valence-corrected chi connectivity index (χ0v) is 13.1. The van der Waals surface area contributed by atoms with E-state index < -0.39 is 0 Å². The summed E-state index contributed by atoms with van der Waals surface area (Å²) in [5, 5.41) is 0. The number of allylic oxidation sites excluding steroid dienone is 1. The van der Waals surface area contributed by atoms with E-state index in [1.165, 1.54) is 11.6 Å². The Balaban J connectivity index is 1.83. The molecule has 0 amide bonds. The van der Waals surface area contributed by atoms with Crippen molar-refractivity contribution in [3.63, 3.8) is 0 Å². The van der Waals surface area contributed by atoms with Crippen LogP contribution in [0.4, 0.5) is 0 Å². The molecule has 1 aromatic heterocycles. The number of aryl methyl sites for hydroxylation is 2. The van der Waals surface area contributed by atoms with Gasteiger partial charge in [0.15, 0.2) is 5.69 Å². The zero-order valence-electron chi connectivity index (χ0n) is 13.1. The summed E-state index contributed by atoms with van der Waals surface area (Å²) < 4.78 is 5.62. The first-order chi connectivity index (χ1) is 11.1. The van der Waals surface area contributed by atoms with Crippen LogP contribution >= 0.6 is 0 Å². The molecule has 3 heteroatoms. The minimum atomic E-state index is -0.158. The lowest BCUT2D eigenvalue weighted by molar-refractivity contribution is 0.104. The summed E-state index contributed by atoms with van der Waals surface area (Å²) in [6.07, 6.45) is 3.32. The summed E-state index contributed by atoms with van der Waals surface area (Å²) in [6, 6.07) is 17.5. The molecule has 0 atom stereocenters. The van der Waals surface area contributed by atoms with Crippen molar-refractivity contribution in [3.05, 3.63) is 83.3 Å². The molecule has 0 bridgehead atoms. The van der Waals surface area contributed by atoms with E-state index in [0.29, 0.717) is 17.3 Å². The number of carbonyl (C=O) groups is 1. The first-order valence-corrected chi connectivity index (χ1v) is 7.45. The third-order valence-electron chi connectivity index (χ3n) is 3.56. The summed E-state index contributed by atoms with van der Waals surface area (Å²) >= 11 is 0. The fourth-order valence-corrected chi connectivity index (χ4v) is 2.26. The van der Waals surface area contributed by atoms with Gasteiger partial charge in [0.2, 0.25) is 11.7 Å². The number of ketones is 1. The normalized spacial score (nSPS) is 11.0. The number of aromatic nitrogens is 1. The molecule has 0 radical (unpaired) electrons. The molecule has 3 aromatic rings. The second-order valence-corrected chi connectivity index (χ2v) is 5.40. The van der Waals surface area contributed by atoms with Crippen LogP contribution in [-0.4, -0.2) is 10.8 Å². The molecule has 3 nitrogen and oxygen atoms in total. The molecule has 0 unspecified atom stereocenters. The lowest BCUT2D eigenvalue weighted by Gasteiger charge is -1.94. The second-order valence-electron chi connectivity index (χ2n) is 5.40. The highest BCUT2D eigenvalue weighted by molar-refractivity contribution is 6.06. The van der Waals surface area contributed by atoms with Gasteiger partial charge in [0, 0.05) is 5.56 Å². The molecular formula is C20H17NO2. The van der Waals surface area contributed by atoms with Gasteiger partial charge >= 0.3 is 0 Å².